The van der Waals surface area contributed by atoms with Crippen LogP contribution in [0.2, 0.25) is 0 Å². The summed E-state index contributed by atoms with van der Waals surface area (Å²) in [6.45, 7) is 12.0. The minimum Gasteiger partial charge on any atom is -0.464 e. The Balaban J connectivity index is 4.56. The van der Waals surface area contributed by atoms with Gasteiger partial charge in [-0.25, -0.2) is 9.59 Å². The summed E-state index contributed by atoms with van der Waals surface area (Å²) in [6, 6.07) is -1.46. The van der Waals surface area contributed by atoms with Gasteiger partial charge in [0.1, 0.15) is 12.1 Å². The number of esters is 1. The van der Waals surface area contributed by atoms with Crippen LogP contribution in [-0.4, -0.2) is 67.2 Å². The third-order valence-corrected chi connectivity index (χ3v) is 4.21. The second-order valence-corrected chi connectivity index (χ2v) is 7.59. The van der Waals surface area contributed by atoms with E-state index in [0.717, 1.165) is 12.8 Å². The van der Waals surface area contributed by atoms with Gasteiger partial charge < -0.3 is 14.4 Å². The Bertz CT molecular complexity index is 465. The van der Waals surface area contributed by atoms with E-state index in [2.05, 4.69) is 13.8 Å². The number of hydrogen-bond donors (Lipinski definition) is 0. The summed E-state index contributed by atoms with van der Waals surface area (Å²) >= 11 is 0. The van der Waals surface area contributed by atoms with E-state index in [9.17, 15) is 14.4 Å². The lowest BCUT2D eigenvalue weighted by atomic mass is 10.1. The van der Waals surface area contributed by atoms with Crippen LogP contribution < -0.4 is 0 Å². The Kier molecular flexibility index (Phi) is 10.9. The van der Waals surface area contributed by atoms with E-state index >= 15 is 0 Å². The first-order chi connectivity index (χ1) is 12.0. The number of hydrogen-bond acceptors (Lipinski definition) is 5. The molecule has 0 radical (unpaired) electrons. The molecule has 0 saturated carbocycles. The molecule has 2 unspecified atom stereocenters. The van der Waals surface area contributed by atoms with Crippen molar-refractivity contribution in [1.82, 2.24) is 9.80 Å². The molecule has 0 bridgehead atoms. The molecule has 0 heterocycles. The number of likely N-dealkylation sites (N-methyl/N-ethyl adjacent to an activating group) is 2. The molecule has 0 aromatic heterocycles. The lowest BCUT2D eigenvalue weighted by molar-refractivity contribution is -0.154. The molecule has 0 aliphatic carbocycles. The molecule has 7 nitrogen and oxygen atoms in total. The maximum atomic E-state index is 12.6. The smallest absolute Gasteiger partial charge is 0.410 e. The molecule has 152 valence electrons. The van der Waals surface area contributed by atoms with E-state index in [4.69, 9.17) is 9.47 Å². The van der Waals surface area contributed by atoms with Gasteiger partial charge >= 0.3 is 12.1 Å². The standard InChI is InChI=1S/C19H36N2O5/c1-13(2)10-9-11-25-18(23)16(6)20(7)17(22)15(5)21(8)19(24)26-12-14(3)4/h13-16H,9-12H2,1-8H3. The van der Waals surface area contributed by atoms with Crippen LogP contribution >= 0.6 is 0 Å². The minimum atomic E-state index is -0.740. The van der Waals surface area contributed by atoms with Crippen LogP contribution in [0.5, 0.6) is 0 Å². The third kappa shape index (κ3) is 8.54. The molecule has 2 atom stereocenters. The fourth-order valence-electron chi connectivity index (χ4n) is 2.09. The summed E-state index contributed by atoms with van der Waals surface area (Å²) < 4.78 is 10.4. The van der Waals surface area contributed by atoms with E-state index in [0.29, 0.717) is 19.1 Å². The monoisotopic (exact) mass is 372 g/mol. The average Bonchev–Trinajstić information content (AvgIpc) is 2.59. The first kappa shape index (κ1) is 24.2. The summed E-state index contributed by atoms with van der Waals surface area (Å²) in [5.74, 6) is -0.0174. The fourth-order valence-corrected chi connectivity index (χ4v) is 2.09. The maximum Gasteiger partial charge on any atom is 0.410 e. The third-order valence-electron chi connectivity index (χ3n) is 4.21. The molecule has 0 saturated heterocycles. The molecular formula is C19H36N2O5. The van der Waals surface area contributed by atoms with Crippen molar-refractivity contribution in [3.8, 4) is 0 Å². The zero-order valence-electron chi connectivity index (χ0n) is 17.6. The van der Waals surface area contributed by atoms with Gasteiger partial charge in [-0.3, -0.25) is 9.69 Å². The van der Waals surface area contributed by atoms with Gasteiger partial charge in [0, 0.05) is 14.1 Å². The number of amides is 2. The van der Waals surface area contributed by atoms with E-state index in [1.165, 1.54) is 23.9 Å². The number of carbonyl (C=O) groups excluding carboxylic acids is 3. The number of nitrogens with zero attached hydrogens (tertiary/aromatic N) is 2. The molecule has 0 fully saturated rings. The predicted molar refractivity (Wildman–Crippen MR) is 101 cm³/mol. The number of carbonyl (C=O) groups is 3. The van der Waals surface area contributed by atoms with Gasteiger partial charge in [0.25, 0.3) is 0 Å². The molecule has 0 N–H and O–H groups in total. The maximum absolute atomic E-state index is 12.6. The molecule has 2 amide bonds. The summed E-state index contributed by atoms with van der Waals surface area (Å²) in [5.41, 5.74) is 0. The van der Waals surface area contributed by atoms with Gasteiger partial charge in [0.2, 0.25) is 5.91 Å². The molecular weight excluding hydrogens is 336 g/mol. The van der Waals surface area contributed by atoms with Crippen molar-refractivity contribution >= 4 is 18.0 Å². The highest BCUT2D eigenvalue weighted by molar-refractivity contribution is 5.89. The van der Waals surface area contributed by atoms with Crippen molar-refractivity contribution < 1.29 is 23.9 Å². The minimum absolute atomic E-state index is 0.214. The normalized spacial score (nSPS) is 13.3. The molecule has 0 aromatic carbocycles. The van der Waals surface area contributed by atoms with Crippen LogP contribution in [-0.2, 0) is 19.1 Å². The number of ether oxygens (including phenoxy) is 2. The van der Waals surface area contributed by atoms with Crippen LogP contribution in [0.15, 0.2) is 0 Å². The van der Waals surface area contributed by atoms with E-state index in [-0.39, 0.29) is 11.8 Å². The number of rotatable bonds is 10. The highest BCUT2D eigenvalue weighted by Crippen LogP contribution is 2.09. The molecule has 0 aliphatic rings. The van der Waals surface area contributed by atoms with E-state index < -0.39 is 24.1 Å². The van der Waals surface area contributed by atoms with Crippen LogP contribution in [0.4, 0.5) is 4.79 Å². The first-order valence-corrected chi connectivity index (χ1v) is 9.31. The van der Waals surface area contributed by atoms with Gasteiger partial charge in [-0.1, -0.05) is 27.7 Å². The topological polar surface area (TPSA) is 76.2 Å². The molecule has 0 rings (SSSR count). The molecule has 0 aromatic rings. The van der Waals surface area contributed by atoms with Crippen LogP contribution in [0.3, 0.4) is 0 Å². The van der Waals surface area contributed by atoms with Gasteiger partial charge in [-0.05, 0) is 38.5 Å². The predicted octanol–water partition coefficient (Wildman–Crippen LogP) is 2.93. The SMILES string of the molecule is CC(C)CCCOC(=O)C(C)N(C)C(=O)C(C)N(C)C(=O)OCC(C)C. The summed E-state index contributed by atoms with van der Waals surface area (Å²) in [4.78, 5) is 39.2. The zero-order valence-corrected chi connectivity index (χ0v) is 17.6. The van der Waals surface area contributed by atoms with Crippen molar-refractivity contribution in [3.05, 3.63) is 0 Å². The Morgan fingerprint density at radius 3 is 1.88 bits per heavy atom. The summed E-state index contributed by atoms with van der Waals surface area (Å²) in [6.07, 6.45) is 1.22. The van der Waals surface area contributed by atoms with Gasteiger partial charge in [-0.2, -0.15) is 0 Å². The highest BCUT2D eigenvalue weighted by atomic mass is 16.6. The van der Waals surface area contributed by atoms with Crippen molar-refractivity contribution in [2.45, 2.75) is 66.5 Å². The average molecular weight is 373 g/mol. The molecule has 26 heavy (non-hydrogen) atoms. The van der Waals surface area contributed by atoms with E-state index in [1.807, 2.05) is 13.8 Å². The Morgan fingerprint density at radius 1 is 0.808 bits per heavy atom. The van der Waals surface area contributed by atoms with Crippen LogP contribution in [0.1, 0.15) is 54.4 Å². The van der Waals surface area contributed by atoms with Crippen LogP contribution in [0.25, 0.3) is 0 Å². The van der Waals surface area contributed by atoms with Crippen molar-refractivity contribution in [2.75, 3.05) is 27.3 Å². The molecule has 0 aliphatic heterocycles. The quantitative estimate of drug-likeness (QED) is 0.435. The summed E-state index contributed by atoms with van der Waals surface area (Å²) in [5, 5.41) is 0. The van der Waals surface area contributed by atoms with E-state index in [1.54, 1.807) is 13.8 Å². The lowest BCUT2D eigenvalue weighted by Gasteiger charge is -2.30. The van der Waals surface area contributed by atoms with Gasteiger partial charge in [-0.15, -0.1) is 0 Å². The zero-order chi connectivity index (χ0) is 20.4. The highest BCUT2D eigenvalue weighted by Gasteiger charge is 2.31. The van der Waals surface area contributed by atoms with Crippen molar-refractivity contribution in [2.24, 2.45) is 11.8 Å². The lowest BCUT2D eigenvalue weighted by Crippen LogP contribution is -2.51. The molecule has 0 spiro atoms. The first-order valence-electron chi connectivity index (χ1n) is 9.31. The Hall–Kier alpha value is -1.79. The van der Waals surface area contributed by atoms with Gasteiger partial charge in [0.05, 0.1) is 13.2 Å². The second-order valence-electron chi connectivity index (χ2n) is 7.59. The molecule has 7 heteroatoms. The van der Waals surface area contributed by atoms with Crippen molar-refractivity contribution in [3.63, 3.8) is 0 Å². The largest absolute Gasteiger partial charge is 0.464 e. The fraction of sp³-hybridized carbons (Fsp3) is 0.842. The summed E-state index contributed by atoms with van der Waals surface area (Å²) in [7, 11) is 3.04. The Morgan fingerprint density at radius 2 is 1.38 bits per heavy atom. The Labute approximate surface area is 158 Å². The second kappa shape index (κ2) is 11.8. The van der Waals surface area contributed by atoms with Gasteiger partial charge in [0.15, 0.2) is 0 Å². The van der Waals surface area contributed by atoms with Crippen molar-refractivity contribution in [1.29, 1.82) is 0 Å². The van der Waals surface area contributed by atoms with Crippen LogP contribution in [0, 0.1) is 11.8 Å².